The normalized spacial score (nSPS) is 31.4. The quantitative estimate of drug-likeness (QED) is 0.873. The van der Waals surface area contributed by atoms with E-state index >= 15 is 0 Å². The van der Waals surface area contributed by atoms with E-state index in [-0.39, 0.29) is 6.04 Å². The minimum atomic E-state index is 0.214. The second-order valence-electron chi connectivity index (χ2n) is 5.81. The van der Waals surface area contributed by atoms with Crippen LogP contribution in [0, 0.1) is 18.8 Å². The fraction of sp³-hybridized carbons (Fsp3) is 0.786. The lowest BCUT2D eigenvalue weighted by Crippen LogP contribution is -2.37. The summed E-state index contributed by atoms with van der Waals surface area (Å²) >= 11 is 0. The first-order valence-electron chi connectivity index (χ1n) is 6.73. The van der Waals surface area contributed by atoms with Gasteiger partial charge in [0.25, 0.3) is 0 Å². The van der Waals surface area contributed by atoms with Crippen molar-refractivity contribution in [2.45, 2.75) is 59.0 Å². The molecule has 0 radical (unpaired) electrons. The molecular formula is C14H24N2O. The highest BCUT2D eigenvalue weighted by atomic mass is 16.4. The van der Waals surface area contributed by atoms with Crippen LogP contribution < -0.4 is 5.32 Å². The monoisotopic (exact) mass is 236 g/mol. The van der Waals surface area contributed by atoms with E-state index in [1.54, 1.807) is 6.20 Å². The Bertz CT molecular complexity index is 351. The third-order valence-corrected chi connectivity index (χ3v) is 3.67. The van der Waals surface area contributed by atoms with Crippen molar-refractivity contribution in [2.24, 2.45) is 11.8 Å². The Morgan fingerprint density at radius 2 is 1.94 bits per heavy atom. The smallest absolute Gasteiger partial charge is 0.211 e. The minimum Gasteiger partial charge on any atom is -0.444 e. The summed E-state index contributed by atoms with van der Waals surface area (Å²) in [7, 11) is 0. The zero-order chi connectivity index (χ0) is 12.4. The van der Waals surface area contributed by atoms with Gasteiger partial charge < -0.3 is 9.73 Å². The van der Waals surface area contributed by atoms with Gasteiger partial charge in [-0.15, -0.1) is 0 Å². The molecule has 1 aromatic rings. The Morgan fingerprint density at radius 3 is 2.47 bits per heavy atom. The van der Waals surface area contributed by atoms with Crippen LogP contribution in [0.2, 0.25) is 0 Å². The summed E-state index contributed by atoms with van der Waals surface area (Å²) in [6.07, 6.45) is 5.70. The number of rotatable bonds is 3. The molecule has 3 unspecified atom stereocenters. The lowest BCUT2D eigenvalue weighted by atomic mass is 9.80. The predicted molar refractivity (Wildman–Crippen MR) is 68.8 cm³/mol. The summed E-state index contributed by atoms with van der Waals surface area (Å²) in [5.41, 5.74) is 0. The van der Waals surface area contributed by atoms with Crippen molar-refractivity contribution in [3.63, 3.8) is 0 Å². The van der Waals surface area contributed by atoms with Crippen molar-refractivity contribution in [3.8, 4) is 0 Å². The number of aryl methyl sites for hydroxylation is 1. The highest BCUT2D eigenvalue weighted by Gasteiger charge is 2.25. The van der Waals surface area contributed by atoms with Crippen molar-refractivity contribution in [3.05, 3.63) is 17.8 Å². The van der Waals surface area contributed by atoms with Crippen molar-refractivity contribution in [1.82, 2.24) is 10.3 Å². The van der Waals surface area contributed by atoms with Crippen LogP contribution in [-0.4, -0.2) is 11.0 Å². The maximum Gasteiger partial charge on any atom is 0.211 e. The van der Waals surface area contributed by atoms with Crippen LogP contribution in [0.4, 0.5) is 0 Å². The second kappa shape index (κ2) is 5.21. The SMILES string of the molecule is Cc1cnc(C(C)NC2CC(C)CC(C)C2)o1. The maximum atomic E-state index is 5.57. The lowest BCUT2D eigenvalue weighted by Gasteiger charge is -2.33. The zero-order valence-electron chi connectivity index (χ0n) is 11.4. The van der Waals surface area contributed by atoms with Gasteiger partial charge in [-0.3, -0.25) is 0 Å². The van der Waals surface area contributed by atoms with Gasteiger partial charge in [-0.05, 0) is 44.9 Å². The molecule has 96 valence electrons. The molecule has 0 aromatic carbocycles. The fourth-order valence-electron chi connectivity index (χ4n) is 3.08. The summed E-state index contributed by atoms with van der Waals surface area (Å²) in [5.74, 6) is 3.36. The van der Waals surface area contributed by atoms with Crippen molar-refractivity contribution in [2.75, 3.05) is 0 Å². The van der Waals surface area contributed by atoms with E-state index in [2.05, 4.69) is 31.1 Å². The summed E-state index contributed by atoms with van der Waals surface area (Å²) in [4.78, 5) is 4.29. The van der Waals surface area contributed by atoms with E-state index in [4.69, 9.17) is 4.42 Å². The largest absolute Gasteiger partial charge is 0.444 e. The predicted octanol–water partition coefficient (Wildman–Crippen LogP) is 3.46. The molecule has 0 saturated heterocycles. The number of aromatic nitrogens is 1. The zero-order valence-corrected chi connectivity index (χ0v) is 11.4. The third-order valence-electron chi connectivity index (χ3n) is 3.67. The first-order chi connectivity index (χ1) is 8.04. The van der Waals surface area contributed by atoms with Crippen molar-refractivity contribution >= 4 is 0 Å². The molecule has 1 aliphatic carbocycles. The molecule has 1 heterocycles. The molecule has 1 saturated carbocycles. The van der Waals surface area contributed by atoms with Gasteiger partial charge >= 0.3 is 0 Å². The Labute approximate surface area is 104 Å². The van der Waals surface area contributed by atoms with Gasteiger partial charge in [-0.2, -0.15) is 0 Å². The van der Waals surface area contributed by atoms with Crippen LogP contribution in [0.1, 0.15) is 57.7 Å². The first-order valence-corrected chi connectivity index (χ1v) is 6.73. The van der Waals surface area contributed by atoms with Gasteiger partial charge in [-0.1, -0.05) is 13.8 Å². The number of oxazole rings is 1. The molecule has 0 spiro atoms. The van der Waals surface area contributed by atoms with Gasteiger partial charge in [0.05, 0.1) is 12.2 Å². The van der Waals surface area contributed by atoms with E-state index < -0.39 is 0 Å². The summed E-state index contributed by atoms with van der Waals surface area (Å²) < 4.78 is 5.57. The van der Waals surface area contributed by atoms with Crippen LogP contribution >= 0.6 is 0 Å². The van der Waals surface area contributed by atoms with Crippen LogP contribution in [0.5, 0.6) is 0 Å². The van der Waals surface area contributed by atoms with Crippen LogP contribution in [0.3, 0.4) is 0 Å². The number of nitrogens with zero attached hydrogens (tertiary/aromatic N) is 1. The average molecular weight is 236 g/mol. The molecule has 3 atom stereocenters. The van der Waals surface area contributed by atoms with Gasteiger partial charge in [0.2, 0.25) is 5.89 Å². The summed E-state index contributed by atoms with van der Waals surface area (Å²) in [6.45, 7) is 8.78. The molecule has 1 fully saturated rings. The Balaban J connectivity index is 1.92. The summed E-state index contributed by atoms with van der Waals surface area (Å²) in [5, 5.41) is 3.65. The highest BCUT2D eigenvalue weighted by Crippen LogP contribution is 2.29. The van der Waals surface area contributed by atoms with Gasteiger partial charge in [-0.25, -0.2) is 4.98 Å². The fourth-order valence-corrected chi connectivity index (χ4v) is 3.08. The molecule has 1 aromatic heterocycles. The van der Waals surface area contributed by atoms with Gasteiger partial charge in [0.1, 0.15) is 5.76 Å². The molecule has 1 aliphatic rings. The molecule has 17 heavy (non-hydrogen) atoms. The van der Waals surface area contributed by atoms with Crippen molar-refractivity contribution < 1.29 is 4.42 Å². The molecular weight excluding hydrogens is 212 g/mol. The topological polar surface area (TPSA) is 38.1 Å². The van der Waals surface area contributed by atoms with E-state index in [9.17, 15) is 0 Å². The highest BCUT2D eigenvalue weighted by molar-refractivity contribution is 4.96. The molecule has 2 rings (SSSR count). The average Bonchev–Trinajstić information content (AvgIpc) is 2.63. The van der Waals surface area contributed by atoms with Gasteiger partial charge in [0, 0.05) is 6.04 Å². The second-order valence-corrected chi connectivity index (χ2v) is 5.81. The standard InChI is InChI=1S/C14H24N2O/c1-9-5-10(2)7-13(6-9)16-12(4)14-15-8-11(3)17-14/h8-10,12-13,16H,5-7H2,1-4H3. The molecule has 3 nitrogen and oxygen atoms in total. The van der Waals surface area contributed by atoms with Crippen LogP contribution in [0.25, 0.3) is 0 Å². The first kappa shape index (κ1) is 12.6. The van der Waals surface area contributed by atoms with E-state index in [0.717, 1.165) is 23.5 Å². The van der Waals surface area contributed by atoms with E-state index in [1.807, 2.05) is 6.92 Å². The number of nitrogens with one attached hydrogen (secondary N) is 1. The maximum absolute atomic E-state index is 5.57. The minimum absolute atomic E-state index is 0.214. The van der Waals surface area contributed by atoms with Crippen molar-refractivity contribution in [1.29, 1.82) is 0 Å². The molecule has 0 aliphatic heterocycles. The van der Waals surface area contributed by atoms with E-state index in [1.165, 1.54) is 19.3 Å². The molecule has 1 N–H and O–H groups in total. The lowest BCUT2D eigenvalue weighted by molar-refractivity contribution is 0.220. The number of hydrogen-bond acceptors (Lipinski definition) is 3. The molecule has 0 amide bonds. The Kier molecular flexibility index (Phi) is 3.87. The molecule has 3 heteroatoms. The van der Waals surface area contributed by atoms with Crippen LogP contribution in [0.15, 0.2) is 10.6 Å². The Morgan fingerprint density at radius 1 is 1.29 bits per heavy atom. The third kappa shape index (κ3) is 3.32. The molecule has 0 bridgehead atoms. The van der Waals surface area contributed by atoms with E-state index in [0.29, 0.717) is 6.04 Å². The van der Waals surface area contributed by atoms with Gasteiger partial charge in [0.15, 0.2) is 0 Å². The Hall–Kier alpha value is -0.830. The summed E-state index contributed by atoms with van der Waals surface area (Å²) in [6, 6.07) is 0.821. The number of hydrogen-bond donors (Lipinski definition) is 1. The van der Waals surface area contributed by atoms with Crippen LogP contribution in [-0.2, 0) is 0 Å².